The van der Waals surface area contributed by atoms with E-state index in [1.165, 1.54) is 19.3 Å². The number of hydrogen-bond donors (Lipinski definition) is 2. The first-order valence-corrected chi connectivity index (χ1v) is 7.22. The van der Waals surface area contributed by atoms with E-state index < -0.39 is 0 Å². The molecule has 0 aromatic heterocycles. The summed E-state index contributed by atoms with van der Waals surface area (Å²) in [5.74, 6) is 1.18. The van der Waals surface area contributed by atoms with Crippen LogP contribution in [0.2, 0.25) is 0 Å². The molecule has 1 heterocycles. The van der Waals surface area contributed by atoms with Gasteiger partial charge >= 0.3 is 0 Å². The third-order valence-corrected chi connectivity index (χ3v) is 4.54. The molecule has 1 aliphatic heterocycles. The summed E-state index contributed by atoms with van der Waals surface area (Å²) in [6, 6.07) is 0.402. The molecule has 1 saturated carbocycles. The number of hydrogen-bond acceptors (Lipinski definition) is 2. The standard InChI is InChI=1S/C14H26N2O/c1-3-12(9-11-5-6-11)16-13(17)14(4-2)7-8-15-10-14/h11-12,15H,3-10H2,1-2H3,(H,16,17). The Kier molecular flexibility index (Phi) is 4.08. The lowest BCUT2D eigenvalue weighted by Gasteiger charge is -2.28. The van der Waals surface area contributed by atoms with Crippen molar-refractivity contribution >= 4 is 5.91 Å². The summed E-state index contributed by atoms with van der Waals surface area (Å²) < 4.78 is 0. The normalized spacial score (nSPS) is 30.2. The Morgan fingerprint density at radius 3 is 2.71 bits per heavy atom. The van der Waals surface area contributed by atoms with Crippen molar-refractivity contribution in [2.75, 3.05) is 13.1 Å². The maximum Gasteiger partial charge on any atom is 0.227 e. The maximum atomic E-state index is 12.4. The summed E-state index contributed by atoms with van der Waals surface area (Å²) in [5.41, 5.74) is -0.128. The highest BCUT2D eigenvalue weighted by Crippen LogP contribution is 2.35. The molecule has 0 spiro atoms. The van der Waals surface area contributed by atoms with Gasteiger partial charge in [0.1, 0.15) is 0 Å². The van der Waals surface area contributed by atoms with Crippen LogP contribution in [0.1, 0.15) is 52.4 Å². The predicted octanol–water partition coefficient (Wildman–Crippen LogP) is 2.07. The van der Waals surface area contributed by atoms with E-state index in [9.17, 15) is 4.79 Å². The van der Waals surface area contributed by atoms with Gasteiger partial charge in [0.25, 0.3) is 0 Å². The van der Waals surface area contributed by atoms with E-state index in [1.807, 2.05) is 0 Å². The molecule has 1 saturated heterocycles. The van der Waals surface area contributed by atoms with Crippen molar-refractivity contribution in [1.82, 2.24) is 10.6 Å². The molecule has 1 aliphatic carbocycles. The van der Waals surface area contributed by atoms with E-state index in [2.05, 4.69) is 24.5 Å². The molecular formula is C14H26N2O. The fourth-order valence-electron chi connectivity index (χ4n) is 2.82. The number of rotatable bonds is 6. The van der Waals surface area contributed by atoms with Gasteiger partial charge in [0, 0.05) is 12.6 Å². The van der Waals surface area contributed by atoms with Crippen molar-refractivity contribution in [2.45, 2.75) is 58.4 Å². The fraction of sp³-hybridized carbons (Fsp3) is 0.929. The van der Waals surface area contributed by atoms with Gasteiger partial charge in [-0.05, 0) is 38.1 Å². The smallest absolute Gasteiger partial charge is 0.227 e. The third kappa shape index (κ3) is 3.01. The van der Waals surface area contributed by atoms with Gasteiger partial charge in [0.2, 0.25) is 5.91 Å². The van der Waals surface area contributed by atoms with Gasteiger partial charge in [-0.25, -0.2) is 0 Å². The van der Waals surface area contributed by atoms with Gasteiger partial charge < -0.3 is 10.6 Å². The molecule has 0 radical (unpaired) electrons. The van der Waals surface area contributed by atoms with Gasteiger partial charge in [-0.2, -0.15) is 0 Å². The molecule has 2 N–H and O–H groups in total. The quantitative estimate of drug-likeness (QED) is 0.744. The van der Waals surface area contributed by atoms with Gasteiger partial charge in [0.05, 0.1) is 5.41 Å². The summed E-state index contributed by atoms with van der Waals surface area (Å²) in [6.45, 7) is 6.16. The molecule has 2 unspecified atom stereocenters. The number of amides is 1. The summed E-state index contributed by atoms with van der Waals surface area (Å²) in [4.78, 5) is 12.4. The van der Waals surface area contributed by atoms with Gasteiger partial charge in [-0.1, -0.05) is 26.7 Å². The van der Waals surface area contributed by atoms with Crippen molar-refractivity contribution in [2.24, 2.45) is 11.3 Å². The Bertz CT molecular complexity index is 267. The maximum absolute atomic E-state index is 12.4. The van der Waals surface area contributed by atoms with Crippen LogP contribution in [0.3, 0.4) is 0 Å². The van der Waals surface area contributed by atoms with Crippen LogP contribution >= 0.6 is 0 Å². The van der Waals surface area contributed by atoms with Crippen LogP contribution in [-0.4, -0.2) is 25.0 Å². The topological polar surface area (TPSA) is 41.1 Å². The first kappa shape index (κ1) is 12.9. The second-order valence-electron chi connectivity index (χ2n) is 5.82. The van der Waals surface area contributed by atoms with Crippen LogP contribution < -0.4 is 10.6 Å². The molecule has 2 rings (SSSR count). The van der Waals surface area contributed by atoms with Crippen LogP contribution in [0, 0.1) is 11.3 Å². The monoisotopic (exact) mass is 238 g/mol. The summed E-state index contributed by atoms with van der Waals surface area (Å²) in [5, 5.41) is 6.62. The van der Waals surface area contributed by atoms with Crippen LogP contribution in [-0.2, 0) is 4.79 Å². The van der Waals surface area contributed by atoms with Crippen LogP contribution in [0.4, 0.5) is 0 Å². The molecule has 0 bridgehead atoms. The molecule has 0 aromatic rings. The van der Waals surface area contributed by atoms with Crippen LogP contribution in [0.25, 0.3) is 0 Å². The minimum absolute atomic E-state index is 0.128. The van der Waals surface area contributed by atoms with E-state index in [1.54, 1.807) is 0 Å². The van der Waals surface area contributed by atoms with Crippen molar-refractivity contribution < 1.29 is 4.79 Å². The Morgan fingerprint density at radius 2 is 2.24 bits per heavy atom. The average Bonchev–Trinajstić information content (AvgIpc) is 3.02. The Labute approximate surface area is 105 Å². The highest BCUT2D eigenvalue weighted by Gasteiger charge is 2.40. The Hall–Kier alpha value is -0.570. The highest BCUT2D eigenvalue weighted by atomic mass is 16.2. The zero-order chi connectivity index (χ0) is 12.3. The lowest BCUT2D eigenvalue weighted by Crippen LogP contribution is -2.46. The predicted molar refractivity (Wildman–Crippen MR) is 69.8 cm³/mol. The fourth-order valence-corrected chi connectivity index (χ4v) is 2.82. The van der Waals surface area contributed by atoms with E-state index in [0.29, 0.717) is 6.04 Å². The SMILES string of the molecule is CCC(CC1CC1)NC(=O)C1(CC)CCNC1. The summed E-state index contributed by atoms with van der Waals surface area (Å²) in [7, 11) is 0. The number of nitrogens with one attached hydrogen (secondary N) is 2. The zero-order valence-corrected chi connectivity index (χ0v) is 11.2. The van der Waals surface area contributed by atoms with E-state index in [0.717, 1.165) is 38.3 Å². The average molecular weight is 238 g/mol. The Balaban J connectivity index is 1.88. The van der Waals surface area contributed by atoms with Crippen LogP contribution in [0.15, 0.2) is 0 Å². The first-order chi connectivity index (χ1) is 8.20. The van der Waals surface area contributed by atoms with E-state index in [-0.39, 0.29) is 11.3 Å². The summed E-state index contributed by atoms with van der Waals surface area (Å²) >= 11 is 0. The molecule has 98 valence electrons. The molecule has 2 fully saturated rings. The van der Waals surface area contributed by atoms with Crippen molar-refractivity contribution in [3.8, 4) is 0 Å². The molecule has 17 heavy (non-hydrogen) atoms. The van der Waals surface area contributed by atoms with Gasteiger partial charge in [-0.3, -0.25) is 4.79 Å². The molecule has 1 amide bonds. The van der Waals surface area contributed by atoms with E-state index in [4.69, 9.17) is 0 Å². The molecule has 0 aromatic carbocycles. The van der Waals surface area contributed by atoms with Gasteiger partial charge in [-0.15, -0.1) is 0 Å². The number of carbonyl (C=O) groups is 1. The van der Waals surface area contributed by atoms with Gasteiger partial charge in [0.15, 0.2) is 0 Å². The minimum Gasteiger partial charge on any atom is -0.353 e. The van der Waals surface area contributed by atoms with Crippen molar-refractivity contribution in [3.63, 3.8) is 0 Å². The van der Waals surface area contributed by atoms with E-state index >= 15 is 0 Å². The lowest BCUT2D eigenvalue weighted by atomic mass is 9.83. The summed E-state index contributed by atoms with van der Waals surface area (Å²) in [6.07, 6.45) is 6.94. The molecule has 3 nitrogen and oxygen atoms in total. The Morgan fingerprint density at radius 1 is 1.47 bits per heavy atom. The minimum atomic E-state index is -0.128. The second kappa shape index (κ2) is 5.38. The van der Waals surface area contributed by atoms with Crippen molar-refractivity contribution in [1.29, 1.82) is 0 Å². The first-order valence-electron chi connectivity index (χ1n) is 7.22. The molecular weight excluding hydrogens is 212 g/mol. The molecule has 2 atom stereocenters. The highest BCUT2D eigenvalue weighted by molar-refractivity contribution is 5.83. The second-order valence-corrected chi connectivity index (χ2v) is 5.82. The lowest BCUT2D eigenvalue weighted by molar-refractivity contribution is -0.131. The molecule has 2 aliphatic rings. The number of carbonyl (C=O) groups excluding carboxylic acids is 1. The van der Waals surface area contributed by atoms with Crippen LogP contribution in [0.5, 0.6) is 0 Å². The largest absolute Gasteiger partial charge is 0.353 e. The molecule has 3 heteroatoms. The zero-order valence-electron chi connectivity index (χ0n) is 11.2. The third-order valence-electron chi connectivity index (χ3n) is 4.54. The van der Waals surface area contributed by atoms with Crippen molar-refractivity contribution in [3.05, 3.63) is 0 Å².